The zero-order valence-electron chi connectivity index (χ0n) is 10.8. The number of rotatable bonds is 5. The lowest BCUT2D eigenvalue weighted by Gasteiger charge is -2.18. The summed E-state index contributed by atoms with van der Waals surface area (Å²) in [5.74, 6) is -0.189. The summed E-state index contributed by atoms with van der Waals surface area (Å²) in [4.78, 5) is 10.9. The van der Waals surface area contributed by atoms with Gasteiger partial charge in [-0.3, -0.25) is 4.79 Å². The highest BCUT2D eigenvalue weighted by Crippen LogP contribution is 2.44. The predicted octanol–water partition coefficient (Wildman–Crippen LogP) is 3.86. The minimum absolute atomic E-state index is 0.0827. The number of hydrogen-bond donors (Lipinski definition) is 1. The quantitative estimate of drug-likeness (QED) is 0.861. The molecule has 1 aromatic carbocycles. The summed E-state index contributed by atoms with van der Waals surface area (Å²) in [6.07, 6.45) is 2.38. The summed E-state index contributed by atoms with van der Waals surface area (Å²) in [6, 6.07) is 7.30. The molecule has 0 spiro atoms. The molecule has 98 valence electrons. The van der Waals surface area contributed by atoms with Crippen molar-refractivity contribution >= 4 is 5.97 Å². The second kappa shape index (κ2) is 4.71. The SMILES string of the molecule is CC(C)(F)c1ccc(C(CC(=O)O)C2CC2)cc1. The minimum atomic E-state index is -1.35. The van der Waals surface area contributed by atoms with Gasteiger partial charge in [0.25, 0.3) is 0 Å². The molecule has 0 aromatic heterocycles. The Morgan fingerprint density at radius 2 is 1.94 bits per heavy atom. The Morgan fingerprint density at radius 3 is 2.33 bits per heavy atom. The van der Waals surface area contributed by atoms with Gasteiger partial charge in [0.1, 0.15) is 5.67 Å². The van der Waals surface area contributed by atoms with Gasteiger partial charge in [-0.15, -0.1) is 0 Å². The van der Waals surface area contributed by atoms with Crippen LogP contribution in [0.1, 0.15) is 50.2 Å². The van der Waals surface area contributed by atoms with E-state index in [1.165, 1.54) is 13.8 Å². The number of alkyl halides is 1. The van der Waals surface area contributed by atoms with E-state index >= 15 is 0 Å². The molecule has 1 fully saturated rings. The van der Waals surface area contributed by atoms with Gasteiger partial charge in [-0.05, 0) is 49.7 Å². The van der Waals surface area contributed by atoms with E-state index in [0.717, 1.165) is 18.4 Å². The van der Waals surface area contributed by atoms with Crippen molar-refractivity contribution in [1.29, 1.82) is 0 Å². The number of halogens is 1. The topological polar surface area (TPSA) is 37.3 Å². The average molecular weight is 250 g/mol. The van der Waals surface area contributed by atoms with Crippen LogP contribution in [0.2, 0.25) is 0 Å². The van der Waals surface area contributed by atoms with Crippen molar-refractivity contribution in [2.75, 3.05) is 0 Å². The Kier molecular flexibility index (Phi) is 3.42. The fraction of sp³-hybridized carbons (Fsp3) is 0.533. The third-order valence-electron chi connectivity index (χ3n) is 3.61. The first-order valence-electron chi connectivity index (χ1n) is 6.39. The third kappa shape index (κ3) is 3.09. The predicted molar refractivity (Wildman–Crippen MR) is 68.3 cm³/mol. The zero-order chi connectivity index (χ0) is 13.3. The molecule has 0 heterocycles. The van der Waals surface area contributed by atoms with Gasteiger partial charge in [-0.25, -0.2) is 4.39 Å². The van der Waals surface area contributed by atoms with E-state index in [0.29, 0.717) is 11.5 Å². The van der Waals surface area contributed by atoms with Crippen molar-refractivity contribution in [2.24, 2.45) is 5.92 Å². The number of carboxylic acid groups (broad SMARTS) is 1. The summed E-state index contributed by atoms with van der Waals surface area (Å²) in [7, 11) is 0. The number of carbonyl (C=O) groups is 1. The molecule has 0 saturated heterocycles. The van der Waals surface area contributed by atoms with Crippen molar-refractivity contribution in [3.8, 4) is 0 Å². The van der Waals surface area contributed by atoms with E-state index in [9.17, 15) is 9.18 Å². The van der Waals surface area contributed by atoms with Crippen LogP contribution >= 0.6 is 0 Å². The highest BCUT2D eigenvalue weighted by atomic mass is 19.1. The van der Waals surface area contributed by atoms with Crippen LogP contribution in [0.5, 0.6) is 0 Å². The van der Waals surface area contributed by atoms with E-state index in [2.05, 4.69) is 0 Å². The van der Waals surface area contributed by atoms with Crippen LogP contribution in [0.15, 0.2) is 24.3 Å². The van der Waals surface area contributed by atoms with Crippen LogP contribution in [0.3, 0.4) is 0 Å². The molecule has 2 rings (SSSR count). The first-order valence-corrected chi connectivity index (χ1v) is 6.39. The Labute approximate surface area is 107 Å². The number of carboxylic acids is 1. The van der Waals surface area contributed by atoms with Crippen LogP contribution in [0.25, 0.3) is 0 Å². The molecule has 1 aliphatic carbocycles. The molecule has 1 aromatic rings. The van der Waals surface area contributed by atoms with E-state index in [1.54, 1.807) is 12.1 Å². The van der Waals surface area contributed by atoms with Crippen molar-refractivity contribution in [3.05, 3.63) is 35.4 Å². The molecule has 18 heavy (non-hydrogen) atoms. The highest BCUT2D eigenvalue weighted by Gasteiger charge is 2.33. The van der Waals surface area contributed by atoms with Gasteiger partial charge >= 0.3 is 5.97 Å². The first kappa shape index (κ1) is 13.1. The van der Waals surface area contributed by atoms with Gasteiger partial charge in [0.05, 0.1) is 6.42 Å². The van der Waals surface area contributed by atoms with Gasteiger partial charge in [-0.1, -0.05) is 24.3 Å². The van der Waals surface area contributed by atoms with E-state index in [1.807, 2.05) is 12.1 Å². The molecule has 0 radical (unpaired) electrons. The van der Waals surface area contributed by atoms with Crippen LogP contribution in [-0.2, 0) is 10.5 Å². The summed E-state index contributed by atoms with van der Waals surface area (Å²) in [5.41, 5.74) is 0.310. The molecular weight excluding hydrogens is 231 g/mol. The maximum Gasteiger partial charge on any atom is 0.303 e. The summed E-state index contributed by atoms with van der Waals surface area (Å²) in [5, 5.41) is 8.95. The maximum absolute atomic E-state index is 13.7. The molecular formula is C15H19FO2. The molecule has 1 unspecified atom stereocenters. The highest BCUT2D eigenvalue weighted by molar-refractivity contribution is 5.68. The Balaban J connectivity index is 2.18. The number of hydrogen-bond acceptors (Lipinski definition) is 1. The van der Waals surface area contributed by atoms with Gasteiger partial charge in [0.15, 0.2) is 0 Å². The Morgan fingerprint density at radius 1 is 1.39 bits per heavy atom. The van der Waals surface area contributed by atoms with Gasteiger partial charge < -0.3 is 5.11 Å². The Bertz CT molecular complexity index is 427. The van der Waals surface area contributed by atoms with E-state index in [4.69, 9.17) is 5.11 Å². The van der Waals surface area contributed by atoms with Crippen molar-refractivity contribution in [1.82, 2.24) is 0 Å². The number of benzene rings is 1. The molecule has 0 aliphatic heterocycles. The molecule has 0 amide bonds. The second-order valence-electron chi connectivity index (χ2n) is 5.64. The van der Waals surface area contributed by atoms with Crippen molar-refractivity contribution in [3.63, 3.8) is 0 Å². The van der Waals surface area contributed by atoms with Crippen LogP contribution < -0.4 is 0 Å². The molecule has 1 aliphatic rings. The van der Waals surface area contributed by atoms with Gasteiger partial charge in [0, 0.05) is 0 Å². The number of aliphatic carboxylic acids is 1. The molecule has 1 saturated carbocycles. The minimum Gasteiger partial charge on any atom is -0.481 e. The molecule has 1 N–H and O–H groups in total. The summed E-state index contributed by atoms with van der Waals surface area (Å²) < 4.78 is 13.7. The second-order valence-corrected chi connectivity index (χ2v) is 5.64. The first-order chi connectivity index (χ1) is 8.38. The van der Waals surface area contributed by atoms with Crippen molar-refractivity contribution in [2.45, 2.75) is 44.7 Å². The fourth-order valence-electron chi connectivity index (χ4n) is 2.37. The third-order valence-corrected chi connectivity index (χ3v) is 3.61. The summed E-state index contributed by atoms with van der Waals surface area (Å²) in [6.45, 7) is 3.05. The lowest BCUT2D eigenvalue weighted by atomic mass is 9.89. The van der Waals surface area contributed by atoms with Gasteiger partial charge in [-0.2, -0.15) is 0 Å². The summed E-state index contributed by atoms with van der Waals surface area (Å²) >= 11 is 0. The fourth-order valence-corrected chi connectivity index (χ4v) is 2.37. The molecule has 0 bridgehead atoms. The lowest BCUT2D eigenvalue weighted by molar-refractivity contribution is -0.137. The normalized spacial score (nSPS) is 17.5. The standard InChI is InChI=1S/C15H19FO2/c1-15(2,16)12-7-5-11(6-8-12)13(9-14(17)18)10-3-4-10/h5-8,10,13H,3-4,9H2,1-2H3,(H,17,18). The lowest BCUT2D eigenvalue weighted by Crippen LogP contribution is -2.11. The van der Waals surface area contributed by atoms with Crippen LogP contribution in [0.4, 0.5) is 4.39 Å². The van der Waals surface area contributed by atoms with Gasteiger partial charge in [0.2, 0.25) is 0 Å². The maximum atomic E-state index is 13.7. The average Bonchev–Trinajstić information content (AvgIpc) is 3.08. The Hall–Kier alpha value is -1.38. The largest absolute Gasteiger partial charge is 0.481 e. The molecule has 3 heteroatoms. The molecule has 2 nitrogen and oxygen atoms in total. The van der Waals surface area contributed by atoms with Crippen LogP contribution in [-0.4, -0.2) is 11.1 Å². The monoisotopic (exact) mass is 250 g/mol. The van der Waals surface area contributed by atoms with Crippen LogP contribution in [0, 0.1) is 5.92 Å². The van der Waals surface area contributed by atoms with E-state index in [-0.39, 0.29) is 12.3 Å². The van der Waals surface area contributed by atoms with Crippen molar-refractivity contribution < 1.29 is 14.3 Å². The molecule has 1 atom stereocenters. The zero-order valence-corrected chi connectivity index (χ0v) is 10.8. The van der Waals surface area contributed by atoms with E-state index < -0.39 is 11.6 Å². The smallest absolute Gasteiger partial charge is 0.303 e.